The highest BCUT2D eigenvalue weighted by Gasteiger charge is 2.26. The molecule has 0 spiro atoms. The van der Waals surface area contributed by atoms with E-state index in [2.05, 4.69) is 11.1 Å². The Morgan fingerprint density at radius 1 is 1.06 bits per heavy atom. The summed E-state index contributed by atoms with van der Waals surface area (Å²) in [4.78, 5) is 27.3. The zero-order valence-electron chi connectivity index (χ0n) is 18.9. The van der Waals surface area contributed by atoms with Crippen LogP contribution in [0.15, 0.2) is 71.4 Å². The maximum atomic E-state index is 12.4. The van der Waals surface area contributed by atoms with E-state index in [4.69, 9.17) is 14.2 Å². The molecule has 1 aliphatic heterocycles. The van der Waals surface area contributed by atoms with Crippen molar-refractivity contribution in [2.75, 3.05) is 7.11 Å². The second-order valence-corrected chi connectivity index (χ2v) is 7.78. The number of carbonyl (C=O) groups is 1. The number of nitrogens with zero attached hydrogens (tertiary/aromatic N) is 2. The lowest BCUT2D eigenvalue weighted by Crippen LogP contribution is -2.06. The largest absolute Gasteiger partial charge is 0.493 e. The van der Waals surface area contributed by atoms with Crippen LogP contribution in [0, 0.1) is 24.0 Å². The third kappa shape index (κ3) is 4.96. The first-order chi connectivity index (χ1) is 16.3. The van der Waals surface area contributed by atoms with Gasteiger partial charge in [-0.1, -0.05) is 42.0 Å². The molecule has 0 atom stereocenters. The normalized spacial score (nSPS) is 14.0. The molecule has 0 saturated carbocycles. The van der Waals surface area contributed by atoms with Crippen molar-refractivity contribution in [2.45, 2.75) is 20.5 Å². The molecule has 1 aliphatic rings. The number of aliphatic imine (C=N–C) groups is 1. The minimum Gasteiger partial charge on any atom is -0.493 e. The van der Waals surface area contributed by atoms with E-state index >= 15 is 0 Å². The first-order valence-corrected chi connectivity index (χ1v) is 10.5. The molecule has 8 heteroatoms. The molecule has 1 heterocycles. The van der Waals surface area contributed by atoms with Crippen molar-refractivity contribution in [1.82, 2.24) is 0 Å². The van der Waals surface area contributed by atoms with Gasteiger partial charge in [0.25, 0.3) is 5.69 Å². The van der Waals surface area contributed by atoms with Crippen LogP contribution >= 0.6 is 0 Å². The first-order valence-electron chi connectivity index (χ1n) is 10.5. The highest BCUT2D eigenvalue weighted by atomic mass is 16.6. The SMILES string of the molecule is COc1cc(/C=C2\N=C(c3ccc(C)c([N+](=O)[O-])c3)OC2=O)ccc1OCc1cccc(C)c1. The van der Waals surface area contributed by atoms with Gasteiger partial charge in [0.05, 0.1) is 12.0 Å². The summed E-state index contributed by atoms with van der Waals surface area (Å²) in [6.07, 6.45) is 1.56. The van der Waals surface area contributed by atoms with Gasteiger partial charge in [-0.25, -0.2) is 9.79 Å². The van der Waals surface area contributed by atoms with Crippen molar-refractivity contribution in [3.8, 4) is 11.5 Å². The van der Waals surface area contributed by atoms with Gasteiger partial charge in [0.2, 0.25) is 5.90 Å². The molecule has 3 aromatic carbocycles. The van der Waals surface area contributed by atoms with Crippen LogP contribution in [-0.4, -0.2) is 23.9 Å². The molecular weight excluding hydrogens is 436 g/mol. The molecule has 0 aromatic heterocycles. The van der Waals surface area contributed by atoms with Crippen molar-refractivity contribution in [3.05, 3.63) is 104 Å². The molecule has 4 rings (SSSR count). The highest BCUT2D eigenvalue weighted by molar-refractivity contribution is 6.13. The van der Waals surface area contributed by atoms with E-state index in [0.717, 1.165) is 11.1 Å². The number of cyclic esters (lactones) is 1. The number of aryl methyl sites for hydroxylation is 2. The average molecular weight is 458 g/mol. The zero-order chi connectivity index (χ0) is 24.2. The Morgan fingerprint density at radius 3 is 2.62 bits per heavy atom. The molecule has 0 aliphatic carbocycles. The minimum absolute atomic E-state index is 0.0180. The van der Waals surface area contributed by atoms with Gasteiger partial charge in [0, 0.05) is 17.2 Å². The molecule has 0 unspecified atom stereocenters. The van der Waals surface area contributed by atoms with E-state index < -0.39 is 10.9 Å². The van der Waals surface area contributed by atoms with Crippen LogP contribution in [0.2, 0.25) is 0 Å². The molecular formula is C26H22N2O6. The van der Waals surface area contributed by atoms with Crippen molar-refractivity contribution in [1.29, 1.82) is 0 Å². The Balaban J connectivity index is 1.56. The Bertz CT molecular complexity index is 1340. The fraction of sp³-hybridized carbons (Fsp3) is 0.154. The maximum absolute atomic E-state index is 12.4. The first kappa shape index (κ1) is 22.7. The van der Waals surface area contributed by atoms with E-state index in [1.54, 1.807) is 43.3 Å². The monoisotopic (exact) mass is 458 g/mol. The fourth-order valence-electron chi connectivity index (χ4n) is 3.49. The van der Waals surface area contributed by atoms with Crippen LogP contribution in [0.25, 0.3) is 6.08 Å². The topological polar surface area (TPSA) is 100 Å². The number of nitro benzene ring substituents is 1. The van der Waals surface area contributed by atoms with E-state index in [1.807, 2.05) is 25.1 Å². The van der Waals surface area contributed by atoms with Crippen molar-refractivity contribution < 1.29 is 23.9 Å². The number of benzene rings is 3. The lowest BCUT2D eigenvalue weighted by Gasteiger charge is -2.12. The van der Waals surface area contributed by atoms with E-state index in [9.17, 15) is 14.9 Å². The standard InChI is InChI=1S/C26H22N2O6/c1-16-5-4-6-19(11-16)15-33-23-10-8-18(13-24(23)32-3)12-21-26(29)34-25(27-21)20-9-7-17(2)22(14-20)28(30)31/h4-14H,15H2,1-3H3/b21-12-. The lowest BCUT2D eigenvalue weighted by molar-refractivity contribution is -0.385. The number of hydrogen-bond donors (Lipinski definition) is 0. The zero-order valence-corrected chi connectivity index (χ0v) is 18.9. The van der Waals surface area contributed by atoms with Gasteiger partial charge in [0.1, 0.15) is 6.61 Å². The molecule has 0 N–H and O–H groups in total. The molecule has 0 amide bonds. The smallest absolute Gasteiger partial charge is 0.363 e. The molecule has 3 aromatic rings. The van der Waals surface area contributed by atoms with Crippen LogP contribution < -0.4 is 9.47 Å². The summed E-state index contributed by atoms with van der Waals surface area (Å²) in [6.45, 7) is 4.05. The van der Waals surface area contributed by atoms with Gasteiger partial charge in [-0.05, 0) is 49.2 Å². The van der Waals surface area contributed by atoms with Crippen LogP contribution in [0.4, 0.5) is 5.69 Å². The number of ether oxygens (including phenoxy) is 3. The Kier molecular flexibility index (Phi) is 6.40. The van der Waals surface area contributed by atoms with Crippen molar-refractivity contribution in [2.24, 2.45) is 4.99 Å². The van der Waals surface area contributed by atoms with E-state index in [0.29, 0.717) is 34.8 Å². The Hall–Kier alpha value is -4.46. The molecule has 8 nitrogen and oxygen atoms in total. The van der Waals surface area contributed by atoms with Crippen molar-refractivity contribution in [3.63, 3.8) is 0 Å². The predicted molar refractivity (Wildman–Crippen MR) is 127 cm³/mol. The molecule has 0 radical (unpaired) electrons. The summed E-state index contributed by atoms with van der Waals surface area (Å²) < 4.78 is 16.6. The van der Waals surface area contributed by atoms with Crippen LogP contribution in [-0.2, 0) is 16.1 Å². The van der Waals surface area contributed by atoms with Gasteiger partial charge in [-0.3, -0.25) is 10.1 Å². The predicted octanol–water partition coefficient (Wildman–Crippen LogP) is 5.14. The summed E-state index contributed by atoms with van der Waals surface area (Å²) in [6, 6.07) is 17.9. The third-order valence-corrected chi connectivity index (χ3v) is 5.24. The van der Waals surface area contributed by atoms with Crippen molar-refractivity contribution >= 4 is 23.6 Å². The van der Waals surface area contributed by atoms with Crippen LogP contribution in [0.3, 0.4) is 0 Å². The lowest BCUT2D eigenvalue weighted by atomic mass is 10.1. The van der Waals surface area contributed by atoms with Crippen LogP contribution in [0.1, 0.15) is 27.8 Å². The second-order valence-electron chi connectivity index (χ2n) is 7.78. The molecule has 34 heavy (non-hydrogen) atoms. The molecule has 172 valence electrons. The van der Waals surface area contributed by atoms with Gasteiger partial charge >= 0.3 is 5.97 Å². The summed E-state index contributed by atoms with van der Waals surface area (Å²) in [5.74, 6) is 0.449. The van der Waals surface area contributed by atoms with Gasteiger partial charge in [-0.2, -0.15) is 0 Å². The maximum Gasteiger partial charge on any atom is 0.363 e. The number of rotatable bonds is 7. The van der Waals surface area contributed by atoms with E-state index in [-0.39, 0.29) is 17.3 Å². The van der Waals surface area contributed by atoms with Gasteiger partial charge in [0.15, 0.2) is 17.2 Å². The van der Waals surface area contributed by atoms with E-state index in [1.165, 1.54) is 13.2 Å². The Morgan fingerprint density at radius 2 is 1.88 bits per heavy atom. The number of methoxy groups -OCH3 is 1. The molecule has 0 bridgehead atoms. The summed E-state index contributed by atoms with van der Waals surface area (Å²) >= 11 is 0. The number of hydrogen-bond acceptors (Lipinski definition) is 7. The van der Waals surface area contributed by atoms with Gasteiger partial charge < -0.3 is 14.2 Å². The summed E-state index contributed by atoms with van der Waals surface area (Å²) in [7, 11) is 1.54. The quantitative estimate of drug-likeness (QED) is 0.210. The number of carbonyl (C=O) groups excluding carboxylic acids is 1. The van der Waals surface area contributed by atoms with Gasteiger partial charge in [-0.15, -0.1) is 0 Å². The average Bonchev–Trinajstić information content (AvgIpc) is 3.18. The fourth-order valence-corrected chi connectivity index (χ4v) is 3.49. The second kappa shape index (κ2) is 9.58. The minimum atomic E-state index is -0.642. The highest BCUT2D eigenvalue weighted by Crippen LogP contribution is 2.31. The van der Waals surface area contributed by atoms with Crippen LogP contribution in [0.5, 0.6) is 11.5 Å². The molecule has 0 saturated heterocycles. The third-order valence-electron chi connectivity index (χ3n) is 5.24. The number of nitro groups is 1. The summed E-state index contributed by atoms with van der Waals surface area (Å²) in [5.41, 5.74) is 3.72. The number of esters is 1. The summed E-state index contributed by atoms with van der Waals surface area (Å²) in [5, 5.41) is 11.2. The Labute approximate surface area is 196 Å². The molecule has 0 fully saturated rings.